The quantitative estimate of drug-likeness (QED) is 0.721. The van der Waals surface area contributed by atoms with Gasteiger partial charge < -0.3 is 14.7 Å². The molecule has 4 aliphatic rings. The van der Waals surface area contributed by atoms with Crippen molar-refractivity contribution in [2.24, 2.45) is 5.41 Å². The minimum Gasteiger partial charge on any atom is -0.396 e. The van der Waals surface area contributed by atoms with E-state index in [1.807, 2.05) is 13.8 Å². The average molecular weight is 413 g/mol. The lowest BCUT2D eigenvalue weighted by molar-refractivity contribution is 0.00328. The maximum absolute atomic E-state index is 12.5. The van der Waals surface area contributed by atoms with Crippen LogP contribution in [0.1, 0.15) is 79.1 Å². The molecule has 29 heavy (non-hydrogen) atoms. The molecule has 3 atom stereocenters. The normalized spacial score (nSPS) is 35.7. The van der Waals surface area contributed by atoms with Gasteiger partial charge in [0.15, 0.2) is 0 Å². The monoisotopic (exact) mass is 412 g/mol. The molecule has 1 N–H and O–H groups in total. The van der Waals surface area contributed by atoms with Gasteiger partial charge in [-0.3, -0.25) is 4.90 Å². The number of hydrogen-bond donors (Lipinski definition) is 1. The third-order valence-corrected chi connectivity index (χ3v) is 7.42. The van der Waals surface area contributed by atoms with E-state index in [4.69, 9.17) is 4.74 Å². The van der Waals surface area contributed by atoms with Crippen LogP contribution in [0.3, 0.4) is 0 Å². The van der Waals surface area contributed by atoms with Crippen molar-refractivity contribution in [2.45, 2.75) is 96.7 Å². The van der Waals surface area contributed by atoms with Crippen LogP contribution in [0, 0.1) is 5.41 Å². The van der Waals surface area contributed by atoms with Gasteiger partial charge in [-0.15, -0.1) is 0 Å². The summed E-state index contributed by atoms with van der Waals surface area (Å²) in [5.74, 6) is 0. The third kappa shape index (κ3) is 5.61. The van der Waals surface area contributed by atoms with Gasteiger partial charge in [-0.2, -0.15) is 0 Å². The van der Waals surface area contributed by atoms with Gasteiger partial charge in [0.05, 0.1) is 25.6 Å². The number of fused-ring (bicyclic) bond motifs is 2. The number of likely N-dealkylation sites (tertiary alicyclic amines) is 1. The highest BCUT2D eigenvalue weighted by Gasteiger charge is 2.47. The van der Waals surface area contributed by atoms with Crippen LogP contribution in [-0.2, 0) is 4.74 Å². The Hall–Kier alpha value is -0.490. The van der Waals surface area contributed by atoms with Crippen LogP contribution in [0.25, 0.3) is 0 Å². The standard InChI is InChI=1S/C12H20FNO.C10H19NO.C2H6/c1-10(2)15-9-12-4-3-5-14(12)8-11(6-12)7-13;1-11-7-3-6-10(8-12)5-2-4-9(10)11;1-2/h7,10H,3-6,8-9H2,1-2H3;9,12H,2-8H2,1H3;1-2H3/b11-7-;;. The molecule has 3 heterocycles. The number of aliphatic hydroxyl groups excluding tert-OH is 1. The van der Waals surface area contributed by atoms with Crippen LogP contribution in [-0.4, -0.2) is 72.5 Å². The fourth-order valence-electron chi connectivity index (χ4n) is 5.97. The summed E-state index contributed by atoms with van der Waals surface area (Å²) < 4.78 is 18.3. The van der Waals surface area contributed by atoms with Gasteiger partial charge in [0, 0.05) is 23.5 Å². The Morgan fingerprint density at radius 3 is 2.48 bits per heavy atom. The third-order valence-electron chi connectivity index (χ3n) is 7.42. The first kappa shape index (κ1) is 24.8. The first-order chi connectivity index (χ1) is 13.9. The highest BCUT2D eigenvalue weighted by atomic mass is 19.1. The van der Waals surface area contributed by atoms with Crippen molar-refractivity contribution < 1.29 is 14.2 Å². The Labute approximate surface area is 178 Å². The van der Waals surface area contributed by atoms with Crippen LogP contribution >= 0.6 is 0 Å². The van der Waals surface area contributed by atoms with Crippen LogP contribution in [0.15, 0.2) is 11.9 Å². The van der Waals surface area contributed by atoms with Crippen molar-refractivity contribution in [1.29, 1.82) is 0 Å². The minimum absolute atomic E-state index is 0.113. The maximum atomic E-state index is 12.5. The van der Waals surface area contributed by atoms with Crippen molar-refractivity contribution in [2.75, 3.05) is 39.9 Å². The predicted molar refractivity (Wildman–Crippen MR) is 119 cm³/mol. The van der Waals surface area contributed by atoms with E-state index < -0.39 is 0 Å². The van der Waals surface area contributed by atoms with Crippen LogP contribution in [0.5, 0.6) is 0 Å². The zero-order chi connectivity index (χ0) is 21.5. The largest absolute Gasteiger partial charge is 0.396 e. The summed E-state index contributed by atoms with van der Waals surface area (Å²) >= 11 is 0. The molecule has 0 amide bonds. The minimum atomic E-state index is 0.113. The lowest BCUT2D eigenvalue weighted by atomic mass is 9.76. The molecule has 4 fully saturated rings. The van der Waals surface area contributed by atoms with Crippen LogP contribution in [0.2, 0.25) is 0 Å². The molecule has 170 valence electrons. The Bertz CT molecular complexity index is 527. The van der Waals surface area contributed by atoms with E-state index in [-0.39, 0.29) is 17.1 Å². The molecule has 5 heteroatoms. The fraction of sp³-hybridized carbons (Fsp3) is 0.917. The lowest BCUT2D eigenvalue weighted by Crippen LogP contribution is -2.49. The van der Waals surface area contributed by atoms with Crippen molar-refractivity contribution in [1.82, 2.24) is 9.80 Å². The molecule has 3 aliphatic heterocycles. The number of piperidine rings is 1. The summed E-state index contributed by atoms with van der Waals surface area (Å²) in [6.07, 6.45) is 10.7. The van der Waals surface area contributed by atoms with Gasteiger partial charge in [-0.1, -0.05) is 20.3 Å². The maximum Gasteiger partial charge on any atom is 0.0872 e. The van der Waals surface area contributed by atoms with Crippen LogP contribution < -0.4 is 0 Å². The molecule has 3 unspecified atom stereocenters. The first-order valence-corrected chi connectivity index (χ1v) is 11.9. The summed E-state index contributed by atoms with van der Waals surface area (Å²) in [7, 11) is 2.21. The predicted octanol–water partition coefficient (Wildman–Crippen LogP) is 4.77. The second-order valence-electron chi connectivity index (χ2n) is 9.57. The molecule has 0 bridgehead atoms. The Morgan fingerprint density at radius 1 is 1.17 bits per heavy atom. The zero-order valence-electron chi connectivity index (χ0n) is 19.6. The highest BCUT2D eigenvalue weighted by molar-refractivity contribution is 5.19. The number of nitrogens with zero attached hydrogens (tertiary/aromatic N) is 2. The summed E-state index contributed by atoms with van der Waals surface area (Å²) in [5.41, 5.74) is 1.33. The number of rotatable bonds is 4. The van der Waals surface area contributed by atoms with Crippen molar-refractivity contribution >= 4 is 0 Å². The van der Waals surface area contributed by atoms with E-state index in [9.17, 15) is 9.50 Å². The van der Waals surface area contributed by atoms with E-state index in [0.29, 0.717) is 12.6 Å². The Balaban J connectivity index is 0.000000194. The second kappa shape index (κ2) is 11.2. The molecule has 0 radical (unpaired) electrons. The molecule has 3 saturated heterocycles. The average Bonchev–Trinajstić information content (AvgIpc) is 3.41. The molecule has 1 aliphatic carbocycles. The molecule has 4 rings (SSSR count). The SMILES string of the molecule is CC.CC(C)OCC12CCCN1C/C(=C\F)C2.CN1CCCC2(CO)CCCC12. The van der Waals surface area contributed by atoms with Gasteiger partial charge >= 0.3 is 0 Å². The lowest BCUT2D eigenvalue weighted by Gasteiger charge is -2.44. The molecule has 0 aromatic heterocycles. The number of aliphatic hydroxyl groups is 1. The summed E-state index contributed by atoms with van der Waals surface area (Å²) in [6.45, 7) is 12.4. The van der Waals surface area contributed by atoms with Gasteiger partial charge in [0.1, 0.15) is 0 Å². The fourth-order valence-corrected chi connectivity index (χ4v) is 5.97. The number of ether oxygens (including phenoxy) is 1. The molecular formula is C24H45FN2O2. The zero-order valence-corrected chi connectivity index (χ0v) is 19.6. The van der Waals surface area contributed by atoms with E-state index >= 15 is 0 Å². The summed E-state index contributed by atoms with van der Waals surface area (Å²) in [5, 5.41) is 9.44. The molecule has 0 aromatic rings. The van der Waals surface area contributed by atoms with Crippen molar-refractivity contribution in [3.63, 3.8) is 0 Å². The topological polar surface area (TPSA) is 35.9 Å². The summed E-state index contributed by atoms with van der Waals surface area (Å²) in [6, 6.07) is 0.677. The van der Waals surface area contributed by atoms with E-state index in [1.165, 1.54) is 45.1 Å². The Morgan fingerprint density at radius 2 is 1.86 bits per heavy atom. The van der Waals surface area contributed by atoms with Gasteiger partial charge in [-0.05, 0) is 84.5 Å². The molecule has 1 saturated carbocycles. The number of halogens is 1. The van der Waals surface area contributed by atoms with Gasteiger partial charge in [0.2, 0.25) is 0 Å². The van der Waals surface area contributed by atoms with Crippen molar-refractivity contribution in [3.8, 4) is 0 Å². The van der Waals surface area contributed by atoms with E-state index in [1.54, 1.807) is 0 Å². The molecular weight excluding hydrogens is 367 g/mol. The van der Waals surface area contributed by atoms with Crippen molar-refractivity contribution in [3.05, 3.63) is 11.9 Å². The van der Waals surface area contributed by atoms with Gasteiger partial charge in [-0.25, -0.2) is 4.39 Å². The van der Waals surface area contributed by atoms with Gasteiger partial charge in [0.25, 0.3) is 0 Å². The molecule has 4 nitrogen and oxygen atoms in total. The molecule has 0 aromatic carbocycles. The van der Waals surface area contributed by atoms with E-state index in [0.717, 1.165) is 44.4 Å². The highest BCUT2D eigenvalue weighted by Crippen LogP contribution is 2.46. The first-order valence-electron chi connectivity index (χ1n) is 11.9. The molecule has 0 spiro atoms. The number of hydrogen-bond acceptors (Lipinski definition) is 4. The Kier molecular flexibility index (Phi) is 9.59. The second-order valence-corrected chi connectivity index (χ2v) is 9.57. The smallest absolute Gasteiger partial charge is 0.0872 e. The van der Waals surface area contributed by atoms with Crippen LogP contribution in [0.4, 0.5) is 4.39 Å². The van der Waals surface area contributed by atoms with E-state index in [2.05, 4.69) is 30.7 Å². The summed E-state index contributed by atoms with van der Waals surface area (Å²) in [4.78, 5) is 4.84.